The molecule has 1 rings (SSSR count). The molecule has 0 amide bonds. The normalized spacial score (nSPS) is 14.3. The van der Waals surface area contributed by atoms with E-state index in [1.807, 2.05) is 0 Å². The lowest BCUT2D eigenvalue weighted by Crippen LogP contribution is -2.25. The van der Waals surface area contributed by atoms with Crippen molar-refractivity contribution in [3.8, 4) is 5.75 Å². The largest absolute Gasteiger partial charge is 0.493 e. The van der Waals surface area contributed by atoms with Gasteiger partial charge in [0.1, 0.15) is 17.4 Å². The molecule has 0 saturated carbocycles. The summed E-state index contributed by atoms with van der Waals surface area (Å²) in [5.74, 6) is -1.39. The van der Waals surface area contributed by atoms with Gasteiger partial charge in [0.15, 0.2) is 0 Å². The van der Waals surface area contributed by atoms with Crippen LogP contribution in [0.2, 0.25) is 0 Å². The van der Waals surface area contributed by atoms with E-state index in [0.717, 1.165) is 18.2 Å². The van der Waals surface area contributed by atoms with Gasteiger partial charge in [-0.1, -0.05) is 6.92 Å². The molecule has 0 fully saturated rings. The lowest BCUT2D eigenvalue weighted by molar-refractivity contribution is 0.0525. The van der Waals surface area contributed by atoms with Gasteiger partial charge in [0.05, 0.1) is 12.7 Å². The summed E-state index contributed by atoms with van der Waals surface area (Å²) in [5.41, 5.74) is 0. The zero-order valence-corrected chi connectivity index (χ0v) is 10.5. The summed E-state index contributed by atoms with van der Waals surface area (Å²) in [4.78, 5) is 0. The standard InChI is InChI=1S/C13H18F2O3/c1-9(13(16)3-4-17-2)8-18-12-6-10(14)5-11(15)7-12/h5-7,9,13,16H,3-4,8H2,1-2H3. The van der Waals surface area contributed by atoms with Crippen molar-refractivity contribution < 1.29 is 23.4 Å². The molecule has 0 aromatic heterocycles. The number of aliphatic hydroxyl groups is 1. The van der Waals surface area contributed by atoms with E-state index < -0.39 is 17.7 Å². The van der Waals surface area contributed by atoms with Crippen LogP contribution in [-0.2, 0) is 4.74 Å². The second-order valence-corrected chi connectivity index (χ2v) is 4.24. The van der Waals surface area contributed by atoms with E-state index in [1.54, 1.807) is 14.0 Å². The highest BCUT2D eigenvalue weighted by molar-refractivity contribution is 5.23. The smallest absolute Gasteiger partial charge is 0.129 e. The Kier molecular flexibility index (Phi) is 6.01. The summed E-state index contributed by atoms with van der Waals surface area (Å²) in [6.07, 6.45) is -0.0678. The Morgan fingerprint density at radius 3 is 2.39 bits per heavy atom. The number of rotatable bonds is 7. The zero-order chi connectivity index (χ0) is 13.5. The maximum atomic E-state index is 12.9. The predicted octanol–water partition coefficient (Wildman–Crippen LogP) is 2.38. The fourth-order valence-electron chi connectivity index (χ4n) is 1.47. The highest BCUT2D eigenvalue weighted by Gasteiger charge is 2.15. The Bertz CT molecular complexity index is 351. The van der Waals surface area contributed by atoms with Crippen LogP contribution in [0.3, 0.4) is 0 Å². The Hall–Kier alpha value is -1.20. The van der Waals surface area contributed by atoms with E-state index >= 15 is 0 Å². The second kappa shape index (κ2) is 7.28. The lowest BCUT2D eigenvalue weighted by Gasteiger charge is -2.19. The van der Waals surface area contributed by atoms with Crippen LogP contribution in [0, 0.1) is 17.6 Å². The van der Waals surface area contributed by atoms with Crippen LogP contribution in [0.15, 0.2) is 18.2 Å². The molecule has 1 aromatic carbocycles. The summed E-state index contributed by atoms with van der Waals surface area (Å²) < 4.78 is 35.9. The van der Waals surface area contributed by atoms with Gasteiger partial charge in [0.25, 0.3) is 0 Å². The summed E-state index contributed by atoms with van der Waals surface area (Å²) in [6, 6.07) is 3.00. The van der Waals surface area contributed by atoms with Gasteiger partial charge in [0.2, 0.25) is 0 Å². The molecule has 0 saturated heterocycles. The molecule has 0 aliphatic rings. The van der Waals surface area contributed by atoms with Crippen molar-refractivity contribution in [2.45, 2.75) is 19.4 Å². The van der Waals surface area contributed by atoms with Crippen LogP contribution in [0.1, 0.15) is 13.3 Å². The van der Waals surface area contributed by atoms with Gasteiger partial charge >= 0.3 is 0 Å². The average molecular weight is 260 g/mol. The fourth-order valence-corrected chi connectivity index (χ4v) is 1.47. The Morgan fingerprint density at radius 1 is 1.22 bits per heavy atom. The molecule has 0 aliphatic carbocycles. The predicted molar refractivity (Wildman–Crippen MR) is 63.5 cm³/mol. The quantitative estimate of drug-likeness (QED) is 0.818. The van der Waals surface area contributed by atoms with Gasteiger partial charge in [-0.25, -0.2) is 8.78 Å². The molecule has 0 heterocycles. The molecule has 5 heteroatoms. The van der Waals surface area contributed by atoms with Crippen molar-refractivity contribution in [1.82, 2.24) is 0 Å². The maximum Gasteiger partial charge on any atom is 0.129 e. The van der Waals surface area contributed by atoms with Crippen molar-refractivity contribution >= 4 is 0 Å². The van der Waals surface area contributed by atoms with Gasteiger partial charge in [-0.15, -0.1) is 0 Å². The van der Waals surface area contributed by atoms with E-state index in [2.05, 4.69) is 0 Å². The number of benzene rings is 1. The Labute approximate surface area is 105 Å². The van der Waals surface area contributed by atoms with Gasteiger partial charge in [0, 0.05) is 37.8 Å². The second-order valence-electron chi connectivity index (χ2n) is 4.24. The number of methoxy groups -OCH3 is 1. The summed E-state index contributed by atoms with van der Waals surface area (Å²) in [5, 5.41) is 9.73. The topological polar surface area (TPSA) is 38.7 Å². The molecule has 102 valence electrons. The van der Waals surface area contributed by atoms with Crippen LogP contribution in [0.5, 0.6) is 5.75 Å². The molecule has 18 heavy (non-hydrogen) atoms. The minimum Gasteiger partial charge on any atom is -0.493 e. The van der Waals surface area contributed by atoms with Gasteiger partial charge in [-0.05, 0) is 6.42 Å². The first-order chi connectivity index (χ1) is 8.52. The monoisotopic (exact) mass is 260 g/mol. The molecule has 0 bridgehead atoms. The maximum absolute atomic E-state index is 12.9. The molecule has 2 atom stereocenters. The fraction of sp³-hybridized carbons (Fsp3) is 0.538. The highest BCUT2D eigenvalue weighted by atomic mass is 19.1. The van der Waals surface area contributed by atoms with Gasteiger partial charge in [-0.3, -0.25) is 0 Å². The number of halogens is 2. The number of hydrogen-bond acceptors (Lipinski definition) is 3. The van der Waals surface area contributed by atoms with Crippen molar-refractivity contribution in [2.75, 3.05) is 20.3 Å². The molecule has 1 N–H and O–H groups in total. The third-order valence-electron chi connectivity index (χ3n) is 2.62. The first-order valence-corrected chi connectivity index (χ1v) is 5.79. The first kappa shape index (κ1) is 14.9. The van der Waals surface area contributed by atoms with E-state index in [9.17, 15) is 13.9 Å². The summed E-state index contributed by atoms with van der Waals surface area (Å²) >= 11 is 0. The molecular formula is C13H18F2O3. The molecule has 0 aliphatic heterocycles. The number of aliphatic hydroxyl groups excluding tert-OH is 1. The van der Waals surface area contributed by atoms with E-state index in [0.29, 0.717) is 13.0 Å². The third-order valence-corrected chi connectivity index (χ3v) is 2.62. The SMILES string of the molecule is COCCC(O)C(C)COc1cc(F)cc(F)c1. The van der Waals surface area contributed by atoms with Crippen molar-refractivity contribution in [1.29, 1.82) is 0 Å². The van der Waals surface area contributed by atoms with Crippen LogP contribution < -0.4 is 4.74 Å². The summed E-state index contributed by atoms with van der Waals surface area (Å²) in [7, 11) is 1.56. The Morgan fingerprint density at radius 2 is 1.83 bits per heavy atom. The average Bonchev–Trinajstić information content (AvgIpc) is 2.31. The first-order valence-electron chi connectivity index (χ1n) is 5.79. The molecular weight excluding hydrogens is 242 g/mol. The van der Waals surface area contributed by atoms with Crippen LogP contribution in [0.4, 0.5) is 8.78 Å². The molecule has 3 nitrogen and oxygen atoms in total. The molecule has 0 spiro atoms. The lowest BCUT2D eigenvalue weighted by atomic mass is 10.0. The van der Waals surface area contributed by atoms with Gasteiger partial charge < -0.3 is 14.6 Å². The summed E-state index contributed by atoms with van der Waals surface area (Å²) in [6.45, 7) is 2.45. The van der Waals surface area contributed by atoms with Gasteiger partial charge in [-0.2, -0.15) is 0 Å². The van der Waals surface area contributed by atoms with E-state index in [-0.39, 0.29) is 18.3 Å². The minimum atomic E-state index is -0.683. The molecule has 0 radical (unpaired) electrons. The Balaban J connectivity index is 2.44. The highest BCUT2D eigenvalue weighted by Crippen LogP contribution is 2.17. The van der Waals surface area contributed by atoms with Crippen LogP contribution in [-0.4, -0.2) is 31.5 Å². The van der Waals surface area contributed by atoms with E-state index in [1.165, 1.54) is 0 Å². The van der Waals surface area contributed by atoms with Crippen molar-refractivity contribution in [3.63, 3.8) is 0 Å². The molecule has 1 aromatic rings. The molecule has 2 unspecified atom stereocenters. The number of ether oxygens (including phenoxy) is 2. The third kappa shape index (κ3) is 4.98. The van der Waals surface area contributed by atoms with Crippen molar-refractivity contribution in [2.24, 2.45) is 5.92 Å². The van der Waals surface area contributed by atoms with E-state index in [4.69, 9.17) is 9.47 Å². The van der Waals surface area contributed by atoms with Crippen molar-refractivity contribution in [3.05, 3.63) is 29.8 Å². The van der Waals surface area contributed by atoms with Crippen LogP contribution >= 0.6 is 0 Å². The number of hydrogen-bond donors (Lipinski definition) is 1. The minimum absolute atomic E-state index is 0.123. The van der Waals surface area contributed by atoms with Crippen LogP contribution in [0.25, 0.3) is 0 Å². The zero-order valence-electron chi connectivity index (χ0n) is 10.5.